The molecule has 1 atom stereocenters. The maximum absolute atomic E-state index is 5.62. The van der Waals surface area contributed by atoms with E-state index in [1.165, 1.54) is 62.7 Å². The fourth-order valence-electron chi connectivity index (χ4n) is 4.01. The van der Waals surface area contributed by atoms with E-state index < -0.39 is 0 Å². The zero-order valence-electron chi connectivity index (χ0n) is 13.8. The predicted molar refractivity (Wildman–Crippen MR) is 87.9 cm³/mol. The van der Waals surface area contributed by atoms with Gasteiger partial charge in [-0.25, -0.2) is 0 Å². The van der Waals surface area contributed by atoms with Gasteiger partial charge < -0.3 is 4.74 Å². The van der Waals surface area contributed by atoms with Crippen LogP contribution < -0.4 is 4.74 Å². The van der Waals surface area contributed by atoms with Crippen LogP contribution in [0.3, 0.4) is 0 Å². The first-order chi connectivity index (χ1) is 10.2. The molecule has 21 heavy (non-hydrogen) atoms. The van der Waals surface area contributed by atoms with Gasteiger partial charge in [-0.2, -0.15) is 0 Å². The Labute approximate surface area is 129 Å². The molecule has 0 aliphatic heterocycles. The first kappa shape index (κ1) is 14.9. The van der Waals surface area contributed by atoms with E-state index in [0.29, 0.717) is 0 Å². The minimum atomic E-state index is 0.195. The molecule has 2 aliphatic carbocycles. The fraction of sp³-hybridized carbons (Fsp3) is 0.684. The molecular formula is C19H29NO. The molecule has 0 amide bonds. The predicted octanol–water partition coefficient (Wildman–Crippen LogP) is 4.37. The Hall–Kier alpha value is -1.02. The minimum Gasteiger partial charge on any atom is -0.496 e. The van der Waals surface area contributed by atoms with Crippen LogP contribution in [0.4, 0.5) is 0 Å². The Bertz CT molecular complexity index is 494. The average molecular weight is 287 g/mol. The van der Waals surface area contributed by atoms with E-state index in [0.717, 1.165) is 11.7 Å². The highest BCUT2D eigenvalue weighted by molar-refractivity contribution is 5.45. The zero-order valence-corrected chi connectivity index (χ0v) is 13.8. The van der Waals surface area contributed by atoms with E-state index >= 15 is 0 Å². The highest BCUT2D eigenvalue weighted by atomic mass is 16.5. The molecule has 0 radical (unpaired) electrons. The van der Waals surface area contributed by atoms with Crippen molar-refractivity contribution in [2.24, 2.45) is 5.92 Å². The van der Waals surface area contributed by atoms with Crippen molar-refractivity contribution < 1.29 is 4.74 Å². The second-order valence-electron chi connectivity index (χ2n) is 7.00. The Morgan fingerprint density at radius 3 is 2.81 bits per heavy atom. The van der Waals surface area contributed by atoms with Gasteiger partial charge in [-0.3, -0.25) is 4.90 Å². The zero-order chi connectivity index (χ0) is 14.9. The summed E-state index contributed by atoms with van der Waals surface area (Å²) in [5.74, 6) is 2.03. The van der Waals surface area contributed by atoms with Crippen LogP contribution in [-0.2, 0) is 12.0 Å². The Morgan fingerprint density at radius 1 is 1.33 bits per heavy atom. The van der Waals surface area contributed by atoms with Gasteiger partial charge in [-0.15, -0.1) is 0 Å². The van der Waals surface area contributed by atoms with Crippen LogP contribution in [0.5, 0.6) is 5.75 Å². The SMILES string of the molecule is CCCN(CC1CC1)[C@@]1(C)CCCc2c(OC)cccc21. The van der Waals surface area contributed by atoms with Crippen molar-refractivity contribution in [1.29, 1.82) is 0 Å². The van der Waals surface area contributed by atoms with Crippen LogP contribution in [0.1, 0.15) is 57.1 Å². The van der Waals surface area contributed by atoms with Crippen LogP contribution >= 0.6 is 0 Å². The van der Waals surface area contributed by atoms with Gasteiger partial charge in [0.2, 0.25) is 0 Å². The molecule has 1 aromatic carbocycles. The third-order valence-corrected chi connectivity index (χ3v) is 5.39. The number of methoxy groups -OCH3 is 1. The van der Waals surface area contributed by atoms with Crippen molar-refractivity contribution in [3.8, 4) is 5.75 Å². The third-order valence-electron chi connectivity index (χ3n) is 5.39. The van der Waals surface area contributed by atoms with E-state index in [4.69, 9.17) is 4.74 Å². The lowest BCUT2D eigenvalue weighted by Gasteiger charge is -2.46. The summed E-state index contributed by atoms with van der Waals surface area (Å²) in [5.41, 5.74) is 3.16. The van der Waals surface area contributed by atoms with Gasteiger partial charge in [0.05, 0.1) is 7.11 Å². The molecule has 3 rings (SSSR count). The fourth-order valence-corrected chi connectivity index (χ4v) is 4.01. The quantitative estimate of drug-likeness (QED) is 0.770. The van der Waals surface area contributed by atoms with E-state index in [2.05, 4.69) is 36.9 Å². The number of rotatable bonds is 6. The molecule has 2 heteroatoms. The Kier molecular flexibility index (Phi) is 4.26. The molecule has 0 unspecified atom stereocenters. The highest BCUT2D eigenvalue weighted by Crippen LogP contribution is 2.44. The summed E-state index contributed by atoms with van der Waals surface area (Å²) in [4.78, 5) is 2.77. The summed E-state index contributed by atoms with van der Waals surface area (Å²) in [6, 6.07) is 6.63. The standard InChI is InChI=1S/C19H29NO/c1-4-13-20(14-15-10-11-15)19(2)12-6-7-16-17(19)8-5-9-18(16)21-3/h5,8-9,15H,4,6-7,10-14H2,1-3H3/t19-/m0/s1. The lowest BCUT2D eigenvalue weighted by molar-refractivity contribution is 0.0775. The molecule has 2 nitrogen and oxygen atoms in total. The summed E-state index contributed by atoms with van der Waals surface area (Å²) in [7, 11) is 1.80. The molecule has 0 saturated heterocycles. The van der Waals surface area contributed by atoms with Crippen LogP contribution in [0.15, 0.2) is 18.2 Å². The molecule has 1 fully saturated rings. The average Bonchev–Trinajstić information content (AvgIpc) is 3.31. The normalized spacial score (nSPS) is 25.0. The largest absolute Gasteiger partial charge is 0.496 e. The first-order valence-electron chi connectivity index (χ1n) is 8.60. The number of benzene rings is 1. The highest BCUT2D eigenvalue weighted by Gasteiger charge is 2.40. The second kappa shape index (κ2) is 6.00. The third kappa shape index (κ3) is 2.83. The number of nitrogens with zero attached hydrogens (tertiary/aromatic N) is 1. The maximum atomic E-state index is 5.62. The number of ether oxygens (including phenoxy) is 1. The van der Waals surface area contributed by atoms with Crippen molar-refractivity contribution in [2.45, 2.75) is 57.9 Å². The van der Waals surface area contributed by atoms with Gasteiger partial charge in [0.15, 0.2) is 0 Å². The van der Waals surface area contributed by atoms with Gasteiger partial charge in [0.1, 0.15) is 5.75 Å². The molecule has 0 bridgehead atoms. The molecule has 1 saturated carbocycles. The van der Waals surface area contributed by atoms with Crippen molar-refractivity contribution in [3.63, 3.8) is 0 Å². The van der Waals surface area contributed by atoms with Crippen LogP contribution in [0.2, 0.25) is 0 Å². The monoisotopic (exact) mass is 287 g/mol. The van der Waals surface area contributed by atoms with Crippen molar-refractivity contribution >= 4 is 0 Å². The van der Waals surface area contributed by atoms with Gasteiger partial charge in [0, 0.05) is 12.1 Å². The molecular weight excluding hydrogens is 258 g/mol. The first-order valence-corrected chi connectivity index (χ1v) is 8.60. The summed E-state index contributed by atoms with van der Waals surface area (Å²) in [6.45, 7) is 7.26. The summed E-state index contributed by atoms with van der Waals surface area (Å²) in [6.07, 6.45) is 7.82. The topological polar surface area (TPSA) is 12.5 Å². The molecule has 0 spiro atoms. The van der Waals surface area contributed by atoms with Crippen molar-refractivity contribution in [2.75, 3.05) is 20.2 Å². The molecule has 1 aromatic rings. The summed E-state index contributed by atoms with van der Waals surface area (Å²) in [5, 5.41) is 0. The molecule has 116 valence electrons. The maximum Gasteiger partial charge on any atom is 0.122 e. The molecule has 0 aromatic heterocycles. The van der Waals surface area contributed by atoms with Crippen molar-refractivity contribution in [1.82, 2.24) is 4.90 Å². The number of hydrogen-bond donors (Lipinski definition) is 0. The summed E-state index contributed by atoms with van der Waals surface area (Å²) < 4.78 is 5.62. The van der Waals surface area contributed by atoms with E-state index in [1.807, 2.05) is 0 Å². The number of fused-ring (bicyclic) bond motifs is 1. The molecule has 0 heterocycles. The van der Waals surface area contributed by atoms with Crippen LogP contribution in [-0.4, -0.2) is 25.1 Å². The van der Waals surface area contributed by atoms with Gasteiger partial charge in [-0.05, 0) is 75.1 Å². The Balaban J connectivity index is 1.96. The van der Waals surface area contributed by atoms with E-state index in [1.54, 1.807) is 7.11 Å². The van der Waals surface area contributed by atoms with E-state index in [9.17, 15) is 0 Å². The van der Waals surface area contributed by atoms with Crippen LogP contribution in [0, 0.1) is 5.92 Å². The number of hydrogen-bond acceptors (Lipinski definition) is 2. The van der Waals surface area contributed by atoms with Crippen LogP contribution in [0.25, 0.3) is 0 Å². The second-order valence-corrected chi connectivity index (χ2v) is 7.00. The van der Waals surface area contributed by atoms with Gasteiger partial charge in [-0.1, -0.05) is 19.1 Å². The van der Waals surface area contributed by atoms with Gasteiger partial charge >= 0.3 is 0 Å². The lowest BCUT2D eigenvalue weighted by atomic mass is 9.76. The smallest absolute Gasteiger partial charge is 0.122 e. The molecule has 0 N–H and O–H groups in total. The lowest BCUT2D eigenvalue weighted by Crippen LogP contribution is -2.47. The summed E-state index contributed by atoms with van der Waals surface area (Å²) >= 11 is 0. The minimum absolute atomic E-state index is 0.195. The van der Waals surface area contributed by atoms with Crippen molar-refractivity contribution in [3.05, 3.63) is 29.3 Å². The van der Waals surface area contributed by atoms with Gasteiger partial charge in [0.25, 0.3) is 0 Å². The Morgan fingerprint density at radius 2 is 2.14 bits per heavy atom. The molecule has 2 aliphatic rings. The van der Waals surface area contributed by atoms with E-state index in [-0.39, 0.29) is 5.54 Å².